The Hall–Kier alpha value is -1.36. The highest BCUT2D eigenvalue weighted by Gasteiger charge is 2.12. The molecule has 5 heteroatoms. The number of hydrogen-bond acceptors (Lipinski definition) is 5. The van der Waals surface area contributed by atoms with Crippen LogP contribution in [-0.2, 0) is 0 Å². The molecule has 0 bridgehead atoms. The van der Waals surface area contributed by atoms with Gasteiger partial charge in [-0.05, 0) is 19.4 Å². The largest absolute Gasteiger partial charge is 0.481 e. The van der Waals surface area contributed by atoms with Gasteiger partial charge in [0.1, 0.15) is 12.1 Å². The predicted octanol–water partition coefficient (Wildman–Crippen LogP) is 0.649. The molecule has 1 aliphatic rings. The van der Waals surface area contributed by atoms with Crippen molar-refractivity contribution in [2.75, 3.05) is 25.5 Å². The molecule has 82 valence electrons. The molecule has 0 unspecified atom stereocenters. The molecule has 0 spiro atoms. The number of nitrogens with one attached hydrogen (secondary N) is 2. The molecule has 0 radical (unpaired) electrons. The van der Waals surface area contributed by atoms with Crippen molar-refractivity contribution in [3.63, 3.8) is 0 Å². The van der Waals surface area contributed by atoms with E-state index in [0.29, 0.717) is 11.9 Å². The van der Waals surface area contributed by atoms with Gasteiger partial charge >= 0.3 is 0 Å². The number of nitrogens with zero attached hydrogens (tertiary/aromatic N) is 2. The van der Waals surface area contributed by atoms with Crippen molar-refractivity contribution in [3.8, 4) is 5.88 Å². The van der Waals surface area contributed by atoms with Gasteiger partial charge in [-0.25, -0.2) is 9.97 Å². The number of anilines is 1. The third kappa shape index (κ3) is 2.79. The summed E-state index contributed by atoms with van der Waals surface area (Å²) < 4.78 is 5.04. The molecule has 0 saturated carbocycles. The molecule has 1 aromatic heterocycles. The normalized spacial score (nSPS) is 21.0. The van der Waals surface area contributed by atoms with Crippen molar-refractivity contribution in [1.82, 2.24) is 15.3 Å². The summed E-state index contributed by atoms with van der Waals surface area (Å²) in [5.74, 6) is 1.42. The quantitative estimate of drug-likeness (QED) is 0.763. The Morgan fingerprint density at radius 2 is 2.47 bits per heavy atom. The van der Waals surface area contributed by atoms with E-state index in [-0.39, 0.29) is 0 Å². The van der Waals surface area contributed by atoms with E-state index in [2.05, 4.69) is 20.6 Å². The topological polar surface area (TPSA) is 59.1 Å². The van der Waals surface area contributed by atoms with Crippen LogP contribution in [0.1, 0.15) is 12.8 Å². The van der Waals surface area contributed by atoms with Crippen LogP contribution in [0.5, 0.6) is 5.88 Å². The maximum atomic E-state index is 5.04. The van der Waals surface area contributed by atoms with E-state index in [9.17, 15) is 0 Å². The Kier molecular flexibility index (Phi) is 3.34. The Balaban J connectivity index is 1.96. The van der Waals surface area contributed by atoms with E-state index in [1.165, 1.54) is 19.2 Å². The Morgan fingerprint density at radius 1 is 1.53 bits per heavy atom. The number of hydrogen-bond donors (Lipinski definition) is 2. The van der Waals surface area contributed by atoms with Gasteiger partial charge in [-0.3, -0.25) is 0 Å². The summed E-state index contributed by atoms with van der Waals surface area (Å²) in [6.45, 7) is 2.11. The monoisotopic (exact) mass is 208 g/mol. The lowest BCUT2D eigenvalue weighted by Gasteiger charge is -2.24. The van der Waals surface area contributed by atoms with Crippen LogP contribution in [0.15, 0.2) is 12.4 Å². The molecular weight excluding hydrogens is 192 g/mol. The summed E-state index contributed by atoms with van der Waals surface area (Å²) in [6.07, 6.45) is 3.90. The molecule has 1 atom stereocenters. The number of rotatable bonds is 3. The maximum absolute atomic E-state index is 5.04. The minimum atomic E-state index is 0.457. The summed E-state index contributed by atoms with van der Waals surface area (Å²) >= 11 is 0. The van der Waals surface area contributed by atoms with E-state index in [1.807, 2.05) is 6.07 Å². The average Bonchev–Trinajstić information content (AvgIpc) is 2.31. The third-order valence-corrected chi connectivity index (χ3v) is 2.50. The van der Waals surface area contributed by atoms with E-state index >= 15 is 0 Å². The first-order valence-electron chi connectivity index (χ1n) is 5.22. The van der Waals surface area contributed by atoms with Crippen molar-refractivity contribution in [2.24, 2.45) is 0 Å². The van der Waals surface area contributed by atoms with E-state index in [1.54, 1.807) is 7.11 Å². The highest BCUT2D eigenvalue weighted by molar-refractivity contribution is 5.38. The summed E-state index contributed by atoms with van der Waals surface area (Å²) in [5.41, 5.74) is 0. The number of piperidine rings is 1. The van der Waals surface area contributed by atoms with Crippen molar-refractivity contribution in [3.05, 3.63) is 12.4 Å². The fourth-order valence-corrected chi connectivity index (χ4v) is 1.71. The number of ether oxygens (including phenoxy) is 1. The zero-order chi connectivity index (χ0) is 10.5. The summed E-state index contributed by atoms with van der Waals surface area (Å²) in [4.78, 5) is 8.11. The van der Waals surface area contributed by atoms with Crippen molar-refractivity contribution in [2.45, 2.75) is 18.9 Å². The van der Waals surface area contributed by atoms with Gasteiger partial charge in [-0.2, -0.15) is 0 Å². The molecule has 1 aromatic rings. The zero-order valence-electron chi connectivity index (χ0n) is 8.86. The molecule has 1 saturated heterocycles. The summed E-state index contributed by atoms with van der Waals surface area (Å²) in [7, 11) is 1.61. The smallest absolute Gasteiger partial charge is 0.218 e. The lowest BCUT2D eigenvalue weighted by Crippen LogP contribution is -2.38. The number of methoxy groups -OCH3 is 1. The first-order valence-corrected chi connectivity index (χ1v) is 5.22. The van der Waals surface area contributed by atoms with E-state index in [4.69, 9.17) is 4.74 Å². The molecule has 1 aliphatic heterocycles. The van der Waals surface area contributed by atoms with Crippen LogP contribution in [0.2, 0.25) is 0 Å². The van der Waals surface area contributed by atoms with E-state index < -0.39 is 0 Å². The average molecular weight is 208 g/mol. The highest BCUT2D eigenvalue weighted by Crippen LogP contribution is 2.13. The zero-order valence-corrected chi connectivity index (χ0v) is 8.86. The van der Waals surface area contributed by atoms with Gasteiger partial charge in [-0.1, -0.05) is 0 Å². The first-order chi connectivity index (χ1) is 7.38. The van der Waals surface area contributed by atoms with Gasteiger partial charge in [-0.15, -0.1) is 0 Å². The first kappa shape index (κ1) is 10.2. The predicted molar refractivity (Wildman–Crippen MR) is 58.1 cm³/mol. The second-order valence-electron chi connectivity index (χ2n) is 3.63. The lowest BCUT2D eigenvalue weighted by atomic mass is 10.1. The van der Waals surface area contributed by atoms with Crippen molar-refractivity contribution < 1.29 is 4.74 Å². The number of aromatic nitrogens is 2. The highest BCUT2D eigenvalue weighted by atomic mass is 16.5. The molecule has 0 amide bonds. The molecule has 2 rings (SSSR count). The molecule has 5 nitrogen and oxygen atoms in total. The fraction of sp³-hybridized carbons (Fsp3) is 0.600. The molecule has 15 heavy (non-hydrogen) atoms. The van der Waals surface area contributed by atoms with Crippen LogP contribution < -0.4 is 15.4 Å². The molecule has 2 heterocycles. The standard InChI is InChI=1S/C10H16N4O/c1-15-10-5-9(12-7-13-10)14-8-3-2-4-11-6-8/h5,7-8,11H,2-4,6H2,1H3,(H,12,13,14)/t8-/m1/s1. The van der Waals surface area contributed by atoms with Gasteiger partial charge in [0.15, 0.2) is 0 Å². The van der Waals surface area contributed by atoms with Gasteiger partial charge in [0.2, 0.25) is 5.88 Å². The third-order valence-electron chi connectivity index (χ3n) is 2.50. The molecular formula is C10H16N4O. The van der Waals surface area contributed by atoms with Crippen LogP contribution in [0.25, 0.3) is 0 Å². The Bertz CT molecular complexity index is 312. The van der Waals surface area contributed by atoms with Gasteiger partial charge < -0.3 is 15.4 Å². The summed E-state index contributed by atoms with van der Waals surface area (Å²) in [5, 5.41) is 6.71. The van der Waals surface area contributed by atoms with Crippen molar-refractivity contribution in [1.29, 1.82) is 0 Å². The lowest BCUT2D eigenvalue weighted by molar-refractivity contribution is 0.397. The SMILES string of the molecule is COc1cc(N[C@@H]2CCCNC2)ncn1. The second kappa shape index (κ2) is 4.93. The van der Waals surface area contributed by atoms with Crippen LogP contribution in [0.3, 0.4) is 0 Å². The molecule has 2 N–H and O–H groups in total. The minimum absolute atomic E-state index is 0.457. The minimum Gasteiger partial charge on any atom is -0.481 e. The molecule has 1 fully saturated rings. The molecule has 0 aliphatic carbocycles. The molecule has 0 aromatic carbocycles. The van der Waals surface area contributed by atoms with Crippen LogP contribution in [0, 0.1) is 0 Å². The van der Waals surface area contributed by atoms with Gasteiger partial charge in [0.05, 0.1) is 7.11 Å². The van der Waals surface area contributed by atoms with Crippen LogP contribution in [0.4, 0.5) is 5.82 Å². The maximum Gasteiger partial charge on any atom is 0.218 e. The summed E-state index contributed by atoms with van der Waals surface area (Å²) in [6, 6.07) is 2.27. The van der Waals surface area contributed by atoms with Crippen LogP contribution >= 0.6 is 0 Å². The van der Waals surface area contributed by atoms with E-state index in [0.717, 1.165) is 18.9 Å². The van der Waals surface area contributed by atoms with Gasteiger partial charge in [0, 0.05) is 18.7 Å². The Labute approximate surface area is 89.3 Å². The van der Waals surface area contributed by atoms with Crippen molar-refractivity contribution >= 4 is 5.82 Å². The van der Waals surface area contributed by atoms with Crippen LogP contribution in [-0.4, -0.2) is 36.2 Å². The Morgan fingerprint density at radius 3 is 3.20 bits per heavy atom. The fourth-order valence-electron chi connectivity index (χ4n) is 1.71. The second-order valence-corrected chi connectivity index (χ2v) is 3.63. The van der Waals surface area contributed by atoms with Gasteiger partial charge in [0.25, 0.3) is 0 Å².